The lowest BCUT2D eigenvalue weighted by Gasteiger charge is -2.24. The van der Waals surface area contributed by atoms with Gasteiger partial charge in [-0.15, -0.1) is 0 Å². The first-order chi connectivity index (χ1) is 4.63. The quantitative estimate of drug-likeness (QED) is 0.599. The smallest absolute Gasteiger partial charge is 0.00448 e. The van der Waals surface area contributed by atoms with Crippen LogP contribution in [-0.2, 0) is 0 Å². The largest absolute Gasteiger partial charge is 0.176 e. The summed E-state index contributed by atoms with van der Waals surface area (Å²) in [6.07, 6.45) is 2.46. The summed E-state index contributed by atoms with van der Waals surface area (Å²) in [5.41, 5.74) is 0. The van der Waals surface area contributed by atoms with Crippen molar-refractivity contribution in [2.45, 2.75) is 45.8 Å². The van der Waals surface area contributed by atoms with Crippen LogP contribution in [0.15, 0.2) is 0 Å². The molecule has 0 aromatic heterocycles. The van der Waals surface area contributed by atoms with E-state index in [0.29, 0.717) is 5.25 Å². The van der Waals surface area contributed by atoms with Crippen molar-refractivity contribution in [2.24, 2.45) is 11.8 Å². The molecule has 0 bridgehead atoms. The minimum atomic E-state index is 0.602. The summed E-state index contributed by atoms with van der Waals surface area (Å²) in [5.74, 6) is 1.58. The third kappa shape index (κ3) is 2.96. The van der Waals surface area contributed by atoms with E-state index in [1.807, 2.05) is 0 Å². The van der Waals surface area contributed by atoms with Gasteiger partial charge in [-0.25, -0.2) is 0 Å². The van der Waals surface area contributed by atoms with E-state index >= 15 is 0 Å². The molecule has 0 saturated carbocycles. The van der Waals surface area contributed by atoms with Crippen molar-refractivity contribution >= 4 is 12.6 Å². The van der Waals surface area contributed by atoms with Crippen molar-refractivity contribution in [3.8, 4) is 0 Å². The molecule has 0 heterocycles. The van der Waals surface area contributed by atoms with Crippen molar-refractivity contribution in [3.05, 3.63) is 0 Å². The lowest BCUT2D eigenvalue weighted by atomic mass is 9.89. The maximum Gasteiger partial charge on any atom is 0.00448 e. The minimum absolute atomic E-state index is 0.602. The van der Waals surface area contributed by atoms with Gasteiger partial charge in [0.25, 0.3) is 0 Å². The lowest BCUT2D eigenvalue weighted by Crippen LogP contribution is -2.18. The summed E-state index contributed by atoms with van der Waals surface area (Å²) in [6.45, 7) is 9.03. The molecular formula is C9H20S. The second kappa shape index (κ2) is 5.06. The van der Waals surface area contributed by atoms with Gasteiger partial charge in [-0.3, -0.25) is 0 Å². The van der Waals surface area contributed by atoms with Gasteiger partial charge in [0.05, 0.1) is 0 Å². The summed E-state index contributed by atoms with van der Waals surface area (Å²) in [7, 11) is 0. The van der Waals surface area contributed by atoms with E-state index in [1.165, 1.54) is 12.8 Å². The first kappa shape index (κ1) is 10.3. The molecule has 0 rings (SSSR count). The molecule has 0 aliphatic carbocycles. The Kier molecular flexibility index (Phi) is 5.24. The fourth-order valence-corrected chi connectivity index (χ4v) is 2.05. The predicted molar refractivity (Wildman–Crippen MR) is 51.7 cm³/mol. The van der Waals surface area contributed by atoms with Crippen molar-refractivity contribution in [3.63, 3.8) is 0 Å². The molecule has 2 atom stereocenters. The van der Waals surface area contributed by atoms with Crippen LogP contribution in [-0.4, -0.2) is 5.25 Å². The van der Waals surface area contributed by atoms with E-state index in [4.69, 9.17) is 0 Å². The molecule has 10 heavy (non-hydrogen) atoms. The summed E-state index contributed by atoms with van der Waals surface area (Å²) in [5, 5.41) is 0.602. The number of thiol groups is 1. The monoisotopic (exact) mass is 160 g/mol. The van der Waals surface area contributed by atoms with Gasteiger partial charge < -0.3 is 0 Å². The Balaban J connectivity index is 3.80. The molecule has 62 valence electrons. The third-order valence-electron chi connectivity index (χ3n) is 2.24. The first-order valence-electron chi connectivity index (χ1n) is 4.31. The normalized spacial score (nSPS) is 17.4. The van der Waals surface area contributed by atoms with Crippen LogP contribution in [0.1, 0.15) is 40.5 Å². The maximum atomic E-state index is 4.54. The molecule has 0 aliphatic rings. The second-order valence-electron chi connectivity index (χ2n) is 3.29. The molecule has 0 spiro atoms. The van der Waals surface area contributed by atoms with E-state index in [0.717, 1.165) is 11.8 Å². The molecule has 2 unspecified atom stereocenters. The topological polar surface area (TPSA) is 0 Å². The summed E-state index contributed by atoms with van der Waals surface area (Å²) >= 11 is 4.54. The van der Waals surface area contributed by atoms with Crippen molar-refractivity contribution in [1.29, 1.82) is 0 Å². The predicted octanol–water partition coefficient (Wildman–Crippen LogP) is 3.38. The highest BCUT2D eigenvalue weighted by Crippen LogP contribution is 2.24. The Bertz CT molecular complexity index is 78.8. The van der Waals surface area contributed by atoms with Gasteiger partial charge in [-0.05, 0) is 18.3 Å². The van der Waals surface area contributed by atoms with E-state index in [-0.39, 0.29) is 0 Å². The Labute approximate surface area is 70.8 Å². The van der Waals surface area contributed by atoms with E-state index < -0.39 is 0 Å². The molecule has 0 aromatic carbocycles. The van der Waals surface area contributed by atoms with Crippen LogP contribution >= 0.6 is 12.6 Å². The number of rotatable bonds is 4. The minimum Gasteiger partial charge on any atom is -0.176 e. The summed E-state index contributed by atoms with van der Waals surface area (Å²) < 4.78 is 0. The maximum absolute atomic E-state index is 4.54. The van der Waals surface area contributed by atoms with Crippen LogP contribution in [0.2, 0.25) is 0 Å². The van der Waals surface area contributed by atoms with Gasteiger partial charge in [0.2, 0.25) is 0 Å². The SMILES string of the molecule is CCC(S)C(CC)C(C)C. The van der Waals surface area contributed by atoms with Crippen LogP contribution in [0.25, 0.3) is 0 Å². The Morgan fingerprint density at radius 1 is 1.10 bits per heavy atom. The fourth-order valence-electron chi connectivity index (χ4n) is 1.49. The summed E-state index contributed by atoms with van der Waals surface area (Å²) in [6, 6.07) is 0. The highest BCUT2D eigenvalue weighted by Gasteiger charge is 2.17. The molecular weight excluding hydrogens is 140 g/mol. The molecule has 0 amide bonds. The highest BCUT2D eigenvalue weighted by atomic mass is 32.1. The average molecular weight is 160 g/mol. The lowest BCUT2D eigenvalue weighted by molar-refractivity contribution is 0.357. The molecule has 0 aliphatic heterocycles. The molecule has 0 N–H and O–H groups in total. The van der Waals surface area contributed by atoms with Crippen LogP contribution in [0.5, 0.6) is 0 Å². The van der Waals surface area contributed by atoms with Gasteiger partial charge in [0.15, 0.2) is 0 Å². The molecule has 0 saturated heterocycles. The van der Waals surface area contributed by atoms with Crippen LogP contribution < -0.4 is 0 Å². The van der Waals surface area contributed by atoms with E-state index in [2.05, 4.69) is 40.3 Å². The molecule has 0 radical (unpaired) electrons. The standard InChI is InChI=1S/C9H20S/c1-5-8(7(3)4)9(10)6-2/h7-10H,5-6H2,1-4H3. The Morgan fingerprint density at radius 2 is 1.60 bits per heavy atom. The zero-order valence-corrected chi connectivity index (χ0v) is 8.49. The molecule has 1 heteroatoms. The fraction of sp³-hybridized carbons (Fsp3) is 1.00. The average Bonchev–Trinajstić information content (AvgIpc) is 1.88. The highest BCUT2D eigenvalue weighted by molar-refractivity contribution is 7.81. The van der Waals surface area contributed by atoms with Crippen LogP contribution in [0, 0.1) is 11.8 Å². The van der Waals surface area contributed by atoms with Gasteiger partial charge in [-0.1, -0.05) is 34.1 Å². The van der Waals surface area contributed by atoms with E-state index in [1.54, 1.807) is 0 Å². The Morgan fingerprint density at radius 3 is 1.70 bits per heavy atom. The van der Waals surface area contributed by atoms with Crippen molar-refractivity contribution in [1.82, 2.24) is 0 Å². The van der Waals surface area contributed by atoms with Gasteiger partial charge >= 0.3 is 0 Å². The van der Waals surface area contributed by atoms with Gasteiger partial charge in [-0.2, -0.15) is 12.6 Å². The molecule has 0 aromatic rings. The van der Waals surface area contributed by atoms with Crippen LogP contribution in [0.3, 0.4) is 0 Å². The van der Waals surface area contributed by atoms with Crippen molar-refractivity contribution in [2.75, 3.05) is 0 Å². The third-order valence-corrected chi connectivity index (χ3v) is 2.99. The van der Waals surface area contributed by atoms with Gasteiger partial charge in [0.1, 0.15) is 0 Å². The molecule has 0 fully saturated rings. The molecule has 0 nitrogen and oxygen atoms in total. The van der Waals surface area contributed by atoms with Crippen LogP contribution in [0.4, 0.5) is 0 Å². The summed E-state index contributed by atoms with van der Waals surface area (Å²) in [4.78, 5) is 0. The first-order valence-corrected chi connectivity index (χ1v) is 4.83. The van der Waals surface area contributed by atoms with Gasteiger partial charge in [0, 0.05) is 5.25 Å². The number of hydrogen-bond acceptors (Lipinski definition) is 1. The second-order valence-corrected chi connectivity index (χ2v) is 3.96. The van der Waals surface area contributed by atoms with Crippen molar-refractivity contribution < 1.29 is 0 Å². The van der Waals surface area contributed by atoms with E-state index in [9.17, 15) is 0 Å². The zero-order chi connectivity index (χ0) is 8.15. The zero-order valence-electron chi connectivity index (χ0n) is 7.59. The number of hydrogen-bond donors (Lipinski definition) is 1. The Hall–Kier alpha value is 0.350.